The van der Waals surface area contributed by atoms with E-state index in [1.807, 2.05) is 30.5 Å². The summed E-state index contributed by atoms with van der Waals surface area (Å²) >= 11 is 1.31. The van der Waals surface area contributed by atoms with Crippen molar-refractivity contribution in [2.24, 2.45) is 0 Å². The molecule has 0 bridgehead atoms. The van der Waals surface area contributed by atoms with E-state index in [2.05, 4.69) is 36.0 Å². The predicted octanol–water partition coefficient (Wildman–Crippen LogP) is 4.93. The summed E-state index contributed by atoms with van der Waals surface area (Å²) in [6.45, 7) is 11.7. The van der Waals surface area contributed by atoms with Gasteiger partial charge in [-0.2, -0.15) is 0 Å². The number of aryl methyl sites for hydroxylation is 2. The highest BCUT2D eigenvalue weighted by atomic mass is 32.2. The summed E-state index contributed by atoms with van der Waals surface area (Å²) < 4.78 is 15.9. The first-order chi connectivity index (χ1) is 13.1. The molecule has 5 nitrogen and oxygen atoms in total. The van der Waals surface area contributed by atoms with Gasteiger partial charge in [-0.15, -0.1) is 5.10 Å². The van der Waals surface area contributed by atoms with Crippen LogP contribution in [0.5, 0.6) is 0 Å². The molecule has 7 heteroatoms. The summed E-state index contributed by atoms with van der Waals surface area (Å²) in [5, 5.41) is 7.68. The van der Waals surface area contributed by atoms with Crippen molar-refractivity contribution in [3.8, 4) is 5.69 Å². The van der Waals surface area contributed by atoms with Crippen molar-refractivity contribution in [3.63, 3.8) is 0 Å². The summed E-state index contributed by atoms with van der Waals surface area (Å²) in [5.74, 6) is 0.780. The van der Waals surface area contributed by atoms with Gasteiger partial charge in [0.1, 0.15) is 11.6 Å². The van der Waals surface area contributed by atoms with E-state index in [9.17, 15) is 9.18 Å². The van der Waals surface area contributed by atoms with Crippen LogP contribution in [0.2, 0.25) is 0 Å². The number of nitrogens with one attached hydrogen (secondary N) is 1. The molecule has 0 atom stereocenters. The predicted molar refractivity (Wildman–Crippen MR) is 110 cm³/mol. The third-order valence-electron chi connectivity index (χ3n) is 4.65. The molecular weight excluding hydrogens is 375 g/mol. The van der Waals surface area contributed by atoms with Crippen LogP contribution in [-0.4, -0.2) is 31.3 Å². The second kappa shape index (κ2) is 7.54. The average Bonchev–Trinajstić information content (AvgIpc) is 3.20. The Labute approximate surface area is 168 Å². The molecule has 1 N–H and O–H groups in total. The van der Waals surface area contributed by atoms with Gasteiger partial charge in [-0.1, -0.05) is 38.6 Å². The molecule has 0 saturated heterocycles. The van der Waals surface area contributed by atoms with Crippen molar-refractivity contribution < 1.29 is 9.18 Å². The maximum Gasteiger partial charge on any atom is 0.208 e. The van der Waals surface area contributed by atoms with Crippen molar-refractivity contribution >= 4 is 17.5 Å². The summed E-state index contributed by atoms with van der Waals surface area (Å²) in [6, 6.07) is 6.97. The molecule has 0 spiro atoms. The Bertz CT molecular complexity index is 1030. The van der Waals surface area contributed by atoms with Crippen LogP contribution in [0.3, 0.4) is 0 Å². The van der Waals surface area contributed by atoms with E-state index in [0.717, 1.165) is 17.2 Å². The lowest BCUT2D eigenvalue weighted by Gasteiger charge is -2.12. The zero-order valence-corrected chi connectivity index (χ0v) is 17.9. The average molecular weight is 401 g/mol. The van der Waals surface area contributed by atoms with Crippen LogP contribution in [0, 0.1) is 26.6 Å². The Morgan fingerprint density at radius 3 is 2.54 bits per heavy atom. The normalized spacial score (nSPS) is 11.8. The first-order valence-corrected chi connectivity index (χ1v) is 10.1. The van der Waals surface area contributed by atoms with Gasteiger partial charge in [0.25, 0.3) is 0 Å². The second-order valence-corrected chi connectivity index (χ2v) is 8.92. The third-order valence-corrected chi connectivity index (χ3v) is 5.50. The topological polar surface area (TPSA) is 63.6 Å². The number of rotatable bonds is 5. The van der Waals surface area contributed by atoms with Gasteiger partial charge in [-0.3, -0.25) is 9.89 Å². The fourth-order valence-electron chi connectivity index (χ4n) is 3.02. The quantitative estimate of drug-likeness (QED) is 0.487. The Morgan fingerprint density at radius 1 is 1.21 bits per heavy atom. The van der Waals surface area contributed by atoms with Gasteiger partial charge < -0.3 is 4.57 Å². The van der Waals surface area contributed by atoms with Gasteiger partial charge in [0.05, 0.1) is 5.75 Å². The molecule has 1 aromatic carbocycles. The molecule has 28 heavy (non-hydrogen) atoms. The lowest BCUT2D eigenvalue weighted by Crippen LogP contribution is -2.13. The number of carbonyl (C=O) groups is 1. The van der Waals surface area contributed by atoms with E-state index in [1.165, 1.54) is 17.8 Å². The first kappa shape index (κ1) is 20.3. The van der Waals surface area contributed by atoms with Crippen LogP contribution in [0.25, 0.3) is 5.69 Å². The monoisotopic (exact) mass is 400 g/mol. The molecule has 0 radical (unpaired) electrons. The van der Waals surface area contributed by atoms with Crippen LogP contribution < -0.4 is 0 Å². The summed E-state index contributed by atoms with van der Waals surface area (Å²) in [6.07, 6.45) is 0. The van der Waals surface area contributed by atoms with Gasteiger partial charge in [0.2, 0.25) is 5.16 Å². The molecule has 0 aliphatic heterocycles. The molecule has 2 aromatic heterocycles. The summed E-state index contributed by atoms with van der Waals surface area (Å²) in [7, 11) is 0. The first-order valence-electron chi connectivity index (χ1n) is 9.12. The number of aromatic amines is 1. The van der Waals surface area contributed by atoms with Crippen LogP contribution in [0.1, 0.15) is 53.9 Å². The third kappa shape index (κ3) is 4.04. The van der Waals surface area contributed by atoms with E-state index in [4.69, 9.17) is 0 Å². The molecule has 148 valence electrons. The van der Waals surface area contributed by atoms with Crippen molar-refractivity contribution in [3.05, 3.63) is 58.4 Å². The number of hydrogen-bond donors (Lipinski definition) is 1. The Hall–Kier alpha value is -2.41. The van der Waals surface area contributed by atoms with Crippen molar-refractivity contribution in [2.45, 2.75) is 52.1 Å². The number of H-pyrrole nitrogens is 1. The smallest absolute Gasteiger partial charge is 0.208 e. The van der Waals surface area contributed by atoms with E-state index >= 15 is 0 Å². The lowest BCUT2D eigenvalue weighted by atomic mass is 9.96. The molecule has 0 unspecified atom stereocenters. The van der Waals surface area contributed by atoms with E-state index in [-0.39, 0.29) is 22.8 Å². The zero-order valence-electron chi connectivity index (χ0n) is 17.1. The van der Waals surface area contributed by atoms with E-state index in [1.54, 1.807) is 13.0 Å². The number of benzene rings is 1. The maximum absolute atomic E-state index is 14.0. The van der Waals surface area contributed by atoms with Crippen molar-refractivity contribution in [2.75, 3.05) is 5.75 Å². The Balaban J connectivity index is 1.79. The highest BCUT2D eigenvalue weighted by Gasteiger charge is 2.21. The molecule has 0 fully saturated rings. The summed E-state index contributed by atoms with van der Waals surface area (Å²) in [4.78, 5) is 17.2. The standard InChI is InChI=1S/C21H25FN4OS/c1-12-7-8-15(10-17(12)22)26-13(2)9-16(14(26)3)18(27)11-28-20-23-19(24-25-20)21(4,5)6/h7-10H,11H2,1-6H3,(H,23,24,25). The van der Waals surface area contributed by atoms with Crippen LogP contribution in [0.4, 0.5) is 4.39 Å². The number of aromatic nitrogens is 4. The number of carbonyl (C=O) groups excluding carboxylic acids is 1. The Morgan fingerprint density at radius 2 is 1.93 bits per heavy atom. The molecule has 0 aliphatic carbocycles. The van der Waals surface area contributed by atoms with E-state index < -0.39 is 0 Å². The van der Waals surface area contributed by atoms with Gasteiger partial charge in [0, 0.05) is 28.1 Å². The molecule has 3 rings (SSSR count). The highest BCUT2D eigenvalue weighted by molar-refractivity contribution is 7.99. The number of thioether (sulfide) groups is 1. The molecule has 2 heterocycles. The number of ketones is 1. The fraction of sp³-hybridized carbons (Fsp3) is 0.381. The van der Waals surface area contributed by atoms with Gasteiger partial charge >= 0.3 is 0 Å². The Kier molecular flexibility index (Phi) is 5.48. The van der Waals surface area contributed by atoms with Crippen LogP contribution >= 0.6 is 11.8 Å². The van der Waals surface area contributed by atoms with Crippen LogP contribution in [-0.2, 0) is 5.41 Å². The second-order valence-electron chi connectivity index (χ2n) is 7.98. The van der Waals surface area contributed by atoms with E-state index in [0.29, 0.717) is 22.0 Å². The SMILES string of the molecule is Cc1ccc(-n2c(C)cc(C(=O)CSc3n[nH]c(C(C)(C)C)n3)c2C)cc1F. The molecule has 0 aliphatic rings. The largest absolute Gasteiger partial charge is 0.318 e. The minimum atomic E-state index is -0.257. The van der Waals surface area contributed by atoms with Gasteiger partial charge in [0.15, 0.2) is 5.78 Å². The lowest BCUT2D eigenvalue weighted by molar-refractivity contribution is 0.102. The van der Waals surface area contributed by atoms with Gasteiger partial charge in [-0.25, -0.2) is 9.37 Å². The number of halogens is 1. The number of nitrogens with zero attached hydrogens (tertiary/aromatic N) is 3. The van der Waals surface area contributed by atoms with Gasteiger partial charge in [-0.05, 0) is 44.5 Å². The minimum Gasteiger partial charge on any atom is -0.318 e. The zero-order chi connectivity index (χ0) is 20.6. The number of Topliss-reactive ketones (excluding diaryl/α,β-unsaturated/α-hetero) is 1. The van der Waals surface area contributed by atoms with Crippen LogP contribution in [0.15, 0.2) is 29.4 Å². The fourth-order valence-corrected chi connectivity index (χ4v) is 3.70. The molecule has 0 saturated carbocycles. The maximum atomic E-state index is 14.0. The molecule has 0 amide bonds. The molecule has 3 aromatic rings. The highest BCUT2D eigenvalue weighted by Crippen LogP contribution is 2.25. The van der Waals surface area contributed by atoms with Crippen molar-refractivity contribution in [1.82, 2.24) is 19.7 Å². The van der Waals surface area contributed by atoms with Crippen molar-refractivity contribution in [1.29, 1.82) is 0 Å². The summed E-state index contributed by atoms with van der Waals surface area (Å²) in [5.41, 5.74) is 3.52. The molecular formula is C21H25FN4OS. The minimum absolute atomic E-state index is 0.000887. The number of hydrogen-bond acceptors (Lipinski definition) is 4.